The number of fused-ring (bicyclic) bond motifs is 1. The number of anilines is 1. The van der Waals surface area contributed by atoms with Gasteiger partial charge in [0.2, 0.25) is 0 Å². The number of nitrogens with two attached hydrogens (primary N) is 1. The minimum Gasteiger partial charge on any atom is -0.394 e. The third kappa shape index (κ3) is 2.31. The van der Waals surface area contributed by atoms with Crippen molar-refractivity contribution < 1.29 is 20.1 Å². The molecule has 0 spiro atoms. The van der Waals surface area contributed by atoms with Crippen LogP contribution in [0.1, 0.15) is 25.4 Å². The van der Waals surface area contributed by atoms with Gasteiger partial charge in [0, 0.05) is 6.42 Å². The first-order chi connectivity index (χ1) is 10.6. The van der Waals surface area contributed by atoms with Crippen LogP contribution < -0.4 is 5.73 Å². The van der Waals surface area contributed by atoms with E-state index in [1.165, 1.54) is 10.9 Å². The molecular formula is C13H19N5O4. The number of ether oxygens (including phenoxy) is 1. The topological polar surface area (TPSA) is 140 Å². The lowest BCUT2D eigenvalue weighted by Crippen LogP contribution is -2.33. The number of aromatic nitrogens is 4. The van der Waals surface area contributed by atoms with E-state index in [9.17, 15) is 15.3 Å². The molecule has 1 unspecified atom stereocenters. The van der Waals surface area contributed by atoms with Crippen LogP contribution in [0.4, 0.5) is 5.82 Å². The number of aryl methyl sites for hydroxylation is 1. The number of hydrogen-bond acceptors (Lipinski definition) is 8. The van der Waals surface area contributed by atoms with E-state index in [-0.39, 0.29) is 12.4 Å². The normalized spacial score (nSPS) is 28.5. The van der Waals surface area contributed by atoms with Gasteiger partial charge in [-0.15, -0.1) is 0 Å². The molecule has 1 fully saturated rings. The molecule has 22 heavy (non-hydrogen) atoms. The van der Waals surface area contributed by atoms with Crippen LogP contribution in [0.15, 0.2) is 6.33 Å². The zero-order valence-electron chi connectivity index (χ0n) is 12.1. The minimum atomic E-state index is -1.19. The number of aliphatic hydroxyl groups is 3. The maximum absolute atomic E-state index is 10.1. The number of hydrogen-bond donors (Lipinski definition) is 4. The molecule has 3 heterocycles. The zero-order chi connectivity index (χ0) is 15.9. The van der Waals surface area contributed by atoms with Gasteiger partial charge in [0.25, 0.3) is 0 Å². The van der Waals surface area contributed by atoms with Crippen LogP contribution in [0.25, 0.3) is 11.2 Å². The second kappa shape index (κ2) is 5.76. The van der Waals surface area contributed by atoms with Crippen molar-refractivity contribution >= 4 is 17.0 Å². The predicted molar refractivity (Wildman–Crippen MR) is 76.7 cm³/mol. The van der Waals surface area contributed by atoms with Gasteiger partial charge in [-0.1, -0.05) is 6.92 Å². The Morgan fingerprint density at radius 3 is 2.73 bits per heavy atom. The van der Waals surface area contributed by atoms with Crippen LogP contribution in [0.3, 0.4) is 0 Å². The summed E-state index contributed by atoms with van der Waals surface area (Å²) in [7, 11) is 0. The van der Waals surface area contributed by atoms with Crippen molar-refractivity contribution in [1.82, 2.24) is 19.5 Å². The van der Waals surface area contributed by atoms with Crippen molar-refractivity contribution in [2.75, 3.05) is 12.3 Å². The van der Waals surface area contributed by atoms with E-state index in [1.54, 1.807) is 0 Å². The molecule has 0 radical (unpaired) electrons. The van der Waals surface area contributed by atoms with Crippen molar-refractivity contribution in [2.24, 2.45) is 0 Å². The summed E-state index contributed by atoms with van der Waals surface area (Å²) in [6, 6.07) is 0. The van der Waals surface area contributed by atoms with Gasteiger partial charge in [-0.05, 0) is 6.42 Å². The summed E-state index contributed by atoms with van der Waals surface area (Å²) < 4.78 is 7.01. The molecule has 9 nitrogen and oxygen atoms in total. The lowest BCUT2D eigenvalue weighted by atomic mass is 10.1. The van der Waals surface area contributed by atoms with Crippen LogP contribution in [0, 0.1) is 0 Å². The van der Waals surface area contributed by atoms with E-state index in [0.717, 1.165) is 6.42 Å². The molecule has 0 aromatic carbocycles. The standard InChI is InChI=1S/C13H19N5O4/c1-2-3-7-16-11(14)8-12(17-7)18(5-15-8)13-10(21)9(20)6(4-19)22-13/h5-6,9-10,13,19-21H,2-4H2,1H3,(H2,14,16,17)/t6-,9-,10-,13?/m1/s1. The highest BCUT2D eigenvalue weighted by Gasteiger charge is 2.44. The monoisotopic (exact) mass is 309 g/mol. The molecular weight excluding hydrogens is 290 g/mol. The highest BCUT2D eigenvalue weighted by atomic mass is 16.6. The fraction of sp³-hybridized carbons (Fsp3) is 0.615. The Bertz CT molecular complexity index is 676. The van der Waals surface area contributed by atoms with Gasteiger partial charge in [-0.25, -0.2) is 15.0 Å². The Kier molecular flexibility index (Phi) is 3.96. The van der Waals surface area contributed by atoms with Crippen molar-refractivity contribution in [2.45, 2.75) is 44.3 Å². The van der Waals surface area contributed by atoms with Crippen LogP contribution in [-0.4, -0.2) is 59.8 Å². The summed E-state index contributed by atoms with van der Waals surface area (Å²) in [4.78, 5) is 12.8. The molecule has 0 aliphatic carbocycles. The van der Waals surface area contributed by atoms with Crippen LogP contribution in [0.2, 0.25) is 0 Å². The van der Waals surface area contributed by atoms with Gasteiger partial charge in [0.1, 0.15) is 29.7 Å². The molecule has 1 aliphatic heterocycles. The molecule has 2 aromatic rings. The van der Waals surface area contributed by atoms with Gasteiger partial charge in [0.05, 0.1) is 12.9 Å². The lowest BCUT2D eigenvalue weighted by molar-refractivity contribution is -0.0511. The maximum atomic E-state index is 10.1. The predicted octanol–water partition coefficient (Wildman–Crippen LogP) is -1.03. The Morgan fingerprint density at radius 1 is 1.32 bits per heavy atom. The molecule has 9 heteroatoms. The van der Waals surface area contributed by atoms with Crippen molar-refractivity contribution in [1.29, 1.82) is 0 Å². The highest BCUT2D eigenvalue weighted by molar-refractivity contribution is 5.81. The largest absolute Gasteiger partial charge is 0.394 e. The average molecular weight is 309 g/mol. The summed E-state index contributed by atoms with van der Waals surface area (Å²) in [6.07, 6.45) is -1.14. The highest BCUT2D eigenvalue weighted by Crippen LogP contribution is 2.31. The number of rotatable bonds is 4. The quantitative estimate of drug-likeness (QED) is 0.562. The molecule has 0 bridgehead atoms. The maximum Gasteiger partial charge on any atom is 0.167 e. The van der Waals surface area contributed by atoms with Crippen LogP contribution in [-0.2, 0) is 11.2 Å². The van der Waals surface area contributed by atoms with E-state index in [0.29, 0.717) is 23.4 Å². The van der Waals surface area contributed by atoms with Gasteiger partial charge in [-0.2, -0.15) is 0 Å². The van der Waals surface area contributed by atoms with Crippen molar-refractivity contribution in [3.63, 3.8) is 0 Å². The van der Waals surface area contributed by atoms with Crippen LogP contribution in [0.5, 0.6) is 0 Å². The summed E-state index contributed by atoms with van der Waals surface area (Å²) in [6.45, 7) is 1.62. The number of aliphatic hydroxyl groups excluding tert-OH is 3. The molecule has 3 rings (SSSR count). The molecule has 0 amide bonds. The number of nitrogens with zero attached hydrogens (tertiary/aromatic N) is 4. The minimum absolute atomic E-state index is 0.263. The molecule has 120 valence electrons. The smallest absolute Gasteiger partial charge is 0.167 e. The summed E-state index contributed by atoms with van der Waals surface area (Å²) in [5.74, 6) is 0.847. The van der Waals surface area contributed by atoms with Crippen molar-refractivity contribution in [3.05, 3.63) is 12.2 Å². The van der Waals surface area contributed by atoms with Gasteiger partial charge in [-0.3, -0.25) is 4.57 Å². The SMILES string of the molecule is CCCc1nc(N)c2ncn(C3O[C@H](CO)[C@@H](O)[C@H]3O)c2n1. The third-order valence-electron chi connectivity index (χ3n) is 3.76. The van der Waals surface area contributed by atoms with E-state index in [4.69, 9.17) is 10.5 Å². The second-order valence-electron chi connectivity index (χ2n) is 5.33. The van der Waals surface area contributed by atoms with Crippen molar-refractivity contribution in [3.8, 4) is 0 Å². The molecule has 4 atom stereocenters. The summed E-state index contributed by atoms with van der Waals surface area (Å²) in [5.41, 5.74) is 6.75. The first-order valence-corrected chi connectivity index (χ1v) is 7.18. The lowest BCUT2D eigenvalue weighted by Gasteiger charge is -2.16. The van der Waals surface area contributed by atoms with Gasteiger partial charge >= 0.3 is 0 Å². The second-order valence-corrected chi connectivity index (χ2v) is 5.33. The number of imidazole rings is 1. The molecule has 1 aliphatic rings. The summed E-state index contributed by atoms with van der Waals surface area (Å²) in [5, 5.41) is 29.2. The first kappa shape index (κ1) is 15.1. The average Bonchev–Trinajstić information content (AvgIpc) is 3.03. The molecule has 5 N–H and O–H groups in total. The summed E-state index contributed by atoms with van der Waals surface area (Å²) >= 11 is 0. The zero-order valence-corrected chi connectivity index (χ0v) is 12.1. The Morgan fingerprint density at radius 2 is 2.09 bits per heavy atom. The Labute approximate surface area is 126 Å². The van der Waals surface area contributed by atoms with E-state index in [1.807, 2.05) is 6.92 Å². The van der Waals surface area contributed by atoms with Gasteiger partial charge in [0.15, 0.2) is 17.7 Å². The molecule has 0 saturated carbocycles. The first-order valence-electron chi connectivity index (χ1n) is 7.18. The molecule has 1 saturated heterocycles. The Balaban J connectivity index is 2.04. The van der Waals surface area contributed by atoms with Gasteiger partial charge < -0.3 is 25.8 Å². The Hall–Kier alpha value is -1.81. The van der Waals surface area contributed by atoms with E-state index < -0.39 is 24.5 Å². The fourth-order valence-corrected chi connectivity index (χ4v) is 2.62. The fourth-order valence-electron chi connectivity index (χ4n) is 2.62. The molecule has 2 aromatic heterocycles. The van der Waals surface area contributed by atoms with E-state index in [2.05, 4.69) is 15.0 Å². The van der Waals surface area contributed by atoms with E-state index >= 15 is 0 Å². The third-order valence-corrected chi connectivity index (χ3v) is 3.76. The van der Waals surface area contributed by atoms with Crippen LogP contribution >= 0.6 is 0 Å². The number of nitrogen functional groups attached to an aromatic ring is 1.